The molecular formula is C16H21Br. The molecule has 0 fully saturated rings. The van der Waals surface area contributed by atoms with Gasteiger partial charge in [-0.3, -0.25) is 0 Å². The van der Waals surface area contributed by atoms with Crippen LogP contribution in [0, 0.1) is 0 Å². The average molecular weight is 293 g/mol. The van der Waals surface area contributed by atoms with E-state index in [1.165, 1.54) is 25.7 Å². The van der Waals surface area contributed by atoms with Crippen molar-refractivity contribution >= 4 is 15.9 Å². The van der Waals surface area contributed by atoms with E-state index in [-0.39, 0.29) is 0 Å². The number of hydrogen-bond donors (Lipinski definition) is 0. The molecule has 1 unspecified atom stereocenters. The molecule has 1 heteroatoms. The van der Waals surface area contributed by atoms with Crippen molar-refractivity contribution < 1.29 is 0 Å². The summed E-state index contributed by atoms with van der Waals surface area (Å²) in [5.74, 6) is 0.756. The highest BCUT2D eigenvalue weighted by Gasteiger charge is 2.19. The number of alkyl halides is 1. The topological polar surface area (TPSA) is 0 Å². The summed E-state index contributed by atoms with van der Waals surface area (Å²) >= 11 is 3.48. The Labute approximate surface area is 113 Å². The molecule has 0 aromatic heterocycles. The summed E-state index contributed by atoms with van der Waals surface area (Å²) in [5.41, 5.74) is 4.73. The van der Waals surface area contributed by atoms with Gasteiger partial charge in [0.1, 0.15) is 0 Å². The normalized spacial score (nSPS) is 20.1. The van der Waals surface area contributed by atoms with Gasteiger partial charge in [-0.05, 0) is 56.1 Å². The van der Waals surface area contributed by atoms with Gasteiger partial charge in [-0.2, -0.15) is 0 Å². The van der Waals surface area contributed by atoms with Gasteiger partial charge in [0, 0.05) is 5.33 Å². The van der Waals surface area contributed by atoms with Crippen LogP contribution in [0.3, 0.4) is 0 Å². The van der Waals surface area contributed by atoms with Gasteiger partial charge in [-0.15, -0.1) is 0 Å². The van der Waals surface area contributed by atoms with E-state index in [2.05, 4.69) is 53.2 Å². The zero-order valence-corrected chi connectivity index (χ0v) is 12.2. The van der Waals surface area contributed by atoms with E-state index in [1.54, 1.807) is 16.7 Å². The molecule has 1 aromatic carbocycles. The predicted molar refractivity (Wildman–Crippen MR) is 78.9 cm³/mol. The number of benzene rings is 1. The van der Waals surface area contributed by atoms with E-state index >= 15 is 0 Å². The van der Waals surface area contributed by atoms with E-state index in [4.69, 9.17) is 0 Å². The Morgan fingerprint density at radius 1 is 1.41 bits per heavy atom. The Bertz CT molecular complexity index is 392. The third-order valence-corrected chi connectivity index (χ3v) is 4.12. The third-order valence-electron chi connectivity index (χ3n) is 3.66. The second-order valence-electron chi connectivity index (χ2n) is 5.02. The van der Waals surface area contributed by atoms with E-state index in [1.807, 2.05) is 0 Å². The number of aryl methyl sites for hydroxylation is 1. The summed E-state index contributed by atoms with van der Waals surface area (Å²) in [7, 11) is 0. The van der Waals surface area contributed by atoms with E-state index < -0.39 is 0 Å². The minimum atomic E-state index is 0.756. The highest BCUT2D eigenvalue weighted by molar-refractivity contribution is 9.09. The first-order valence-corrected chi connectivity index (χ1v) is 7.73. The Hall–Kier alpha value is -0.560. The Morgan fingerprint density at radius 3 is 3.06 bits per heavy atom. The van der Waals surface area contributed by atoms with Crippen molar-refractivity contribution in [3.8, 4) is 0 Å². The lowest BCUT2D eigenvalue weighted by Crippen LogP contribution is -2.09. The number of halogens is 1. The average Bonchev–Trinajstić information content (AvgIpc) is 2.37. The number of hydrogen-bond acceptors (Lipinski definition) is 0. The molecule has 0 saturated carbocycles. The molecule has 1 atom stereocenters. The molecule has 1 aromatic rings. The largest absolute Gasteiger partial charge is 0.0925 e. The van der Waals surface area contributed by atoms with Crippen LogP contribution in [0.1, 0.15) is 49.7 Å². The predicted octanol–water partition coefficient (Wildman–Crippen LogP) is 5.23. The number of fused-ring (bicyclic) bond motifs is 1. The molecule has 0 aliphatic heterocycles. The van der Waals surface area contributed by atoms with E-state index in [0.717, 1.165) is 17.7 Å². The Morgan fingerprint density at radius 2 is 2.24 bits per heavy atom. The molecular weight excluding hydrogens is 272 g/mol. The highest BCUT2D eigenvalue weighted by atomic mass is 79.9. The lowest BCUT2D eigenvalue weighted by molar-refractivity contribution is 0.548. The van der Waals surface area contributed by atoms with Gasteiger partial charge >= 0.3 is 0 Å². The molecule has 17 heavy (non-hydrogen) atoms. The summed E-state index contributed by atoms with van der Waals surface area (Å²) in [4.78, 5) is 0. The maximum Gasteiger partial charge on any atom is 0.00660 e. The minimum Gasteiger partial charge on any atom is -0.0925 e. The van der Waals surface area contributed by atoms with Crippen LogP contribution in [-0.4, -0.2) is 5.33 Å². The van der Waals surface area contributed by atoms with Crippen molar-refractivity contribution in [3.05, 3.63) is 47.0 Å². The van der Waals surface area contributed by atoms with E-state index in [9.17, 15) is 0 Å². The molecule has 0 spiro atoms. The van der Waals surface area contributed by atoms with Crippen molar-refractivity contribution in [3.63, 3.8) is 0 Å². The molecule has 0 N–H and O–H groups in total. The number of allylic oxidation sites excluding steroid dienone is 2. The zero-order chi connectivity index (χ0) is 12.1. The van der Waals surface area contributed by atoms with E-state index in [0.29, 0.717) is 0 Å². The maximum atomic E-state index is 3.48. The zero-order valence-electron chi connectivity index (χ0n) is 10.6. The SMILES string of the molecule is CC(=CCCBr)CC1CCCc2ccccc21. The lowest BCUT2D eigenvalue weighted by Gasteiger charge is -2.25. The van der Waals surface area contributed by atoms with Crippen LogP contribution in [0.5, 0.6) is 0 Å². The first-order valence-electron chi connectivity index (χ1n) is 6.60. The van der Waals surface area contributed by atoms with Crippen LogP contribution in [0.25, 0.3) is 0 Å². The van der Waals surface area contributed by atoms with Crippen molar-refractivity contribution in [1.82, 2.24) is 0 Å². The quantitative estimate of drug-likeness (QED) is 0.527. The highest BCUT2D eigenvalue weighted by Crippen LogP contribution is 2.35. The molecule has 1 aliphatic rings. The van der Waals surface area contributed by atoms with Gasteiger partial charge in [-0.25, -0.2) is 0 Å². The van der Waals surface area contributed by atoms with Crippen LogP contribution in [0.4, 0.5) is 0 Å². The second-order valence-corrected chi connectivity index (χ2v) is 5.81. The molecule has 0 nitrogen and oxygen atoms in total. The van der Waals surface area contributed by atoms with Crippen molar-refractivity contribution in [1.29, 1.82) is 0 Å². The summed E-state index contributed by atoms with van der Waals surface area (Å²) in [6.45, 7) is 2.28. The standard InChI is InChI=1S/C16H21Br/c1-13(6-5-11-17)12-15-9-4-8-14-7-2-3-10-16(14)15/h2-3,6-7,10,15H,4-5,8-9,11-12H2,1H3. The summed E-state index contributed by atoms with van der Waals surface area (Å²) in [6.07, 6.45) is 8.76. The monoisotopic (exact) mass is 292 g/mol. The lowest BCUT2D eigenvalue weighted by atomic mass is 9.79. The molecule has 92 valence electrons. The Balaban J connectivity index is 2.08. The van der Waals surface area contributed by atoms with Gasteiger partial charge in [0.05, 0.1) is 0 Å². The summed E-state index contributed by atoms with van der Waals surface area (Å²) in [5, 5.41) is 1.07. The molecule has 0 radical (unpaired) electrons. The van der Waals surface area contributed by atoms with Gasteiger partial charge in [0.15, 0.2) is 0 Å². The molecule has 0 heterocycles. The van der Waals surface area contributed by atoms with Crippen molar-refractivity contribution in [2.45, 2.75) is 44.9 Å². The first-order chi connectivity index (χ1) is 8.31. The summed E-state index contributed by atoms with van der Waals surface area (Å²) < 4.78 is 0. The molecule has 0 saturated heterocycles. The minimum absolute atomic E-state index is 0.756. The van der Waals surface area contributed by atoms with Crippen LogP contribution < -0.4 is 0 Å². The number of rotatable bonds is 4. The van der Waals surface area contributed by atoms with Crippen LogP contribution in [0.2, 0.25) is 0 Å². The van der Waals surface area contributed by atoms with Crippen molar-refractivity contribution in [2.75, 3.05) is 5.33 Å². The van der Waals surface area contributed by atoms with Gasteiger partial charge < -0.3 is 0 Å². The van der Waals surface area contributed by atoms with Gasteiger partial charge in [0.25, 0.3) is 0 Å². The third kappa shape index (κ3) is 3.45. The van der Waals surface area contributed by atoms with Crippen LogP contribution in [0.15, 0.2) is 35.9 Å². The molecule has 2 rings (SSSR count). The molecule has 1 aliphatic carbocycles. The molecule has 0 amide bonds. The fourth-order valence-electron chi connectivity index (χ4n) is 2.84. The van der Waals surface area contributed by atoms with Gasteiger partial charge in [-0.1, -0.05) is 51.8 Å². The van der Waals surface area contributed by atoms with Crippen LogP contribution >= 0.6 is 15.9 Å². The van der Waals surface area contributed by atoms with Crippen LogP contribution in [-0.2, 0) is 6.42 Å². The Kier molecular flexibility index (Phi) is 4.85. The smallest absolute Gasteiger partial charge is 0.00660 e. The second kappa shape index (κ2) is 6.39. The fraction of sp³-hybridized carbons (Fsp3) is 0.500. The van der Waals surface area contributed by atoms with Gasteiger partial charge in [0.2, 0.25) is 0 Å². The summed E-state index contributed by atoms with van der Waals surface area (Å²) in [6, 6.07) is 9.00. The maximum absolute atomic E-state index is 3.48. The fourth-order valence-corrected chi connectivity index (χ4v) is 3.07. The molecule has 0 bridgehead atoms. The van der Waals surface area contributed by atoms with Crippen molar-refractivity contribution in [2.24, 2.45) is 0 Å². The first kappa shape index (κ1) is 12.9.